The molecule has 3 rings (SSSR count). The highest BCUT2D eigenvalue weighted by atomic mass is 35.5. The van der Waals surface area contributed by atoms with Crippen molar-refractivity contribution in [3.63, 3.8) is 0 Å². The summed E-state index contributed by atoms with van der Waals surface area (Å²) in [6.07, 6.45) is 2.58. The molecule has 7 heteroatoms. The molecule has 0 unspecified atom stereocenters. The minimum absolute atomic E-state index is 0.291. The Labute approximate surface area is 138 Å². The molecule has 1 aromatic rings. The number of hydrogen-bond donors (Lipinski definition) is 3. The highest BCUT2D eigenvalue weighted by Gasteiger charge is 2.48. The number of benzene rings is 1. The number of carboxylic acid groups (broad SMARTS) is 1. The second-order valence-electron chi connectivity index (χ2n) is 6.12. The van der Waals surface area contributed by atoms with E-state index in [1.165, 1.54) is 6.07 Å². The van der Waals surface area contributed by atoms with E-state index < -0.39 is 17.8 Å². The van der Waals surface area contributed by atoms with Crippen molar-refractivity contribution in [3.8, 4) is 0 Å². The van der Waals surface area contributed by atoms with Crippen molar-refractivity contribution in [1.29, 1.82) is 0 Å². The molecule has 23 heavy (non-hydrogen) atoms. The fourth-order valence-electron chi connectivity index (χ4n) is 2.45. The summed E-state index contributed by atoms with van der Waals surface area (Å²) in [5, 5.41) is 14.8. The first-order valence-corrected chi connectivity index (χ1v) is 7.95. The van der Waals surface area contributed by atoms with Crippen LogP contribution in [0.1, 0.15) is 29.6 Å². The van der Waals surface area contributed by atoms with E-state index >= 15 is 0 Å². The molecule has 2 saturated carbocycles. The van der Waals surface area contributed by atoms with E-state index in [2.05, 4.69) is 10.6 Å². The first-order valence-electron chi connectivity index (χ1n) is 7.57. The normalized spacial score (nSPS) is 22.3. The Kier molecular flexibility index (Phi) is 4.26. The second kappa shape index (κ2) is 6.20. The van der Waals surface area contributed by atoms with Crippen LogP contribution in [0.2, 0.25) is 5.02 Å². The highest BCUT2D eigenvalue weighted by molar-refractivity contribution is 6.31. The van der Waals surface area contributed by atoms with Crippen LogP contribution in [0.15, 0.2) is 18.2 Å². The monoisotopic (exact) mass is 336 g/mol. The molecule has 3 N–H and O–H groups in total. The van der Waals surface area contributed by atoms with Gasteiger partial charge < -0.3 is 15.7 Å². The molecule has 0 spiro atoms. The Balaban J connectivity index is 1.69. The molecule has 6 nitrogen and oxygen atoms in total. The number of carbonyl (C=O) groups excluding carboxylic acids is 2. The van der Waals surface area contributed by atoms with Crippen LogP contribution >= 0.6 is 11.6 Å². The van der Waals surface area contributed by atoms with Crippen LogP contribution < -0.4 is 10.6 Å². The van der Waals surface area contributed by atoms with Crippen LogP contribution in [0.3, 0.4) is 0 Å². The van der Waals surface area contributed by atoms with E-state index in [-0.39, 0.29) is 11.8 Å². The maximum atomic E-state index is 12.3. The van der Waals surface area contributed by atoms with E-state index in [9.17, 15) is 14.4 Å². The SMILES string of the molecule is O=C(NCC1CC1)c1cc(Cl)ccc1NC(=O)[C@H]1C[C@H]1C(=O)O. The number of aliphatic carboxylic acids is 1. The van der Waals surface area contributed by atoms with Gasteiger partial charge in [-0.05, 0) is 43.4 Å². The van der Waals surface area contributed by atoms with Crippen molar-refractivity contribution in [3.05, 3.63) is 28.8 Å². The molecule has 2 amide bonds. The fourth-order valence-corrected chi connectivity index (χ4v) is 2.62. The van der Waals surface area contributed by atoms with Crippen molar-refractivity contribution in [2.24, 2.45) is 17.8 Å². The summed E-state index contributed by atoms with van der Waals surface area (Å²) in [5.74, 6) is -2.26. The summed E-state index contributed by atoms with van der Waals surface area (Å²) in [5.41, 5.74) is 0.641. The number of carboxylic acids is 1. The molecular formula is C16H17ClN2O4. The first kappa shape index (κ1) is 15.8. The second-order valence-corrected chi connectivity index (χ2v) is 6.56. The van der Waals surface area contributed by atoms with Crippen LogP contribution in [0.4, 0.5) is 5.69 Å². The molecule has 2 fully saturated rings. The van der Waals surface area contributed by atoms with Crippen molar-refractivity contribution < 1.29 is 19.5 Å². The Morgan fingerprint density at radius 3 is 2.57 bits per heavy atom. The largest absolute Gasteiger partial charge is 0.481 e. The standard InChI is InChI=1S/C16H17ClN2O4/c17-9-3-4-13(19-15(21)10-6-11(10)16(22)23)12(5-9)14(20)18-7-8-1-2-8/h3-5,8,10-11H,1-2,6-7H2,(H,18,20)(H,19,21)(H,22,23)/t10-,11+/m0/s1. The lowest BCUT2D eigenvalue weighted by molar-refractivity contribution is -0.139. The Hall–Kier alpha value is -2.08. The molecule has 0 aromatic heterocycles. The van der Waals surface area contributed by atoms with E-state index in [1.807, 2.05) is 0 Å². The summed E-state index contributed by atoms with van der Waals surface area (Å²) in [4.78, 5) is 35.2. The summed E-state index contributed by atoms with van der Waals surface area (Å²) in [7, 11) is 0. The van der Waals surface area contributed by atoms with E-state index in [1.54, 1.807) is 12.1 Å². The number of hydrogen-bond acceptors (Lipinski definition) is 3. The summed E-state index contributed by atoms with van der Waals surface area (Å²) in [6, 6.07) is 4.64. The van der Waals surface area contributed by atoms with Crippen molar-refractivity contribution in [1.82, 2.24) is 5.32 Å². The van der Waals surface area contributed by atoms with Crippen molar-refractivity contribution >= 4 is 35.1 Å². The molecule has 2 aliphatic carbocycles. The molecule has 0 radical (unpaired) electrons. The van der Waals surface area contributed by atoms with Crippen LogP contribution in [0.5, 0.6) is 0 Å². The van der Waals surface area contributed by atoms with Gasteiger partial charge in [0.05, 0.1) is 23.1 Å². The minimum atomic E-state index is -0.969. The van der Waals surface area contributed by atoms with Gasteiger partial charge in [0.1, 0.15) is 0 Å². The molecule has 122 valence electrons. The van der Waals surface area contributed by atoms with Crippen LogP contribution in [0.25, 0.3) is 0 Å². The molecule has 1 aromatic carbocycles. The van der Waals surface area contributed by atoms with Crippen molar-refractivity contribution in [2.45, 2.75) is 19.3 Å². The van der Waals surface area contributed by atoms with Crippen molar-refractivity contribution in [2.75, 3.05) is 11.9 Å². The molecular weight excluding hydrogens is 320 g/mol. The maximum absolute atomic E-state index is 12.3. The number of anilines is 1. The predicted molar refractivity (Wildman–Crippen MR) is 84.4 cm³/mol. The summed E-state index contributed by atoms with van der Waals surface area (Å²) >= 11 is 5.94. The highest BCUT2D eigenvalue weighted by Crippen LogP contribution is 2.39. The predicted octanol–water partition coefficient (Wildman–Crippen LogP) is 2.14. The van der Waals surface area contributed by atoms with Gasteiger partial charge in [0.15, 0.2) is 0 Å². The molecule has 0 heterocycles. The van der Waals surface area contributed by atoms with Gasteiger partial charge in [-0.1, -0.05) is 11.6 Å². The number of rotatable bonds is 6. The quantitative estimate of drug-likeness (QED) is 0.741. The smallest absolute Gasteiger partial charge is 0.307 e. The average molecular weight is 337 g/mol. The maximum Gasteiger partial charge on any atom is 0.307 e. The van der Waals surface area contributed by atoms with Crippen LogP contribution in [-0.4, -0.2) is 29.4 Å². The van der Waals surface area contributed by atoms with Gasteiger partial charge in [-0.2, -0.15) is 0 Å². The molecule has 2 aliphatic rings. The minimum Gasteiger partial charge on any atom is -0.481 e. The van der Waals surface area contributed by atoms with Crippen LogP contribution in [0, 0.1) is 17.8 Å². The third kappa shape index (κ3) is 3.82. The summed E-state index contributed by atoms with van der Waals surface area (Å²) in [6.45, 7) is 0.614. The third-order valence-electron chi connectivity index (χ3n) is 4.18. The Morgan fingerprint density at radius 1 is 1.22 bits per heavy atom. The first-order chi connectivity index (χ1) is 11.0. The van der Waals surface area contributed by atoms with Gasteiger partial charge in [-0.3, -0.25) is 14.4 Å². The van der Waals surface area contributed by atoms with E-state index in [0.717, 1.165) is 12.8 Å². The zero-order valence-corrected chi connectivity index (χ0v) is 13.1. The topological polar surface area (TPSA) is 95.5 Å². The fraction of sp³-hybridized carbons (Fsp3) is 0.438. The van der Waals surface area contributed by atoms with E-state index in [0.29, 0.717) is 35.2 Å². The lowest BCUT2D eigenvalue weighted by Gasteiger charge is -2.12. The number of carbonyl (C=O) groups is 3. The van der Waals surface area contributed by atoms with Gasteiger partial charge in [0.25, 0.3) is 5.91 Å². The molecule has 0 aliphatic heterocycles. The zero-order chi connectivity index (χ0) is 16.6. The molecule has 0 bridgehead atoms. The third-order valence-corrected chi connectivity index (χ3v) is 4.41. The van der Waals surface area contributed by atoms with Gasteiger partial charge in [0, 0.05) is 11.6 Å². The van der Waals surface area contributed by atoms with Gasteiger partial charge in [-0.25, -0.2) is 0 Å². The lowest BCUT2D eigenvalue weighted by atomic mass is 10.1. The average Bonchev–Trinajstić information content (AvgIpc) is 3.38. The number of amides is 2. The van der Waals surface area contributed by atoms with E-state index in [4.69, 9.17) is 16.7 Å². The van der Waals surface area contributed by atoms with Gasteiger partial charge in [0.2, 0.25) is 5.91 Å². The zero-order valence-electron chi connectivity index (χ0n) is 12.3. The Morgan fingerprint density at radius 2 is 1.96 bits per heavy atom. The lowest BCUT2D eigenvalue weighted by Crippen LogP contribution is -2.27. The Bertz CT molecular complexity index is 672. The summed E-state index contributed by atoms with van der Waals surface area (Å²) < 4.78 is 0. The number of halogens is 1. The van der Waals surface area contributed by atoms with Crippen LogP contribution in [-0.2, 0) is 9.59 Å². The van der Waals surface area contributed by atoms with Gasteiger partial charge in [-0.15, -0.1) is 0 Å². The molecule has 2 atom stereocenters. The molecule has 0 saturated heterocycles. The van der Waals surface area contributed by atoms with Gasteiger partial charge >= 0.3 is 5.97 Å². The number of nitrogens with one attached hydrogen (secondary N) is 2.